The molecule has 4 heteroatoms. The van der Waals surface area contributed by atoms with Gasteiger partial charge >= 0.3 is 6.03 Å². The maximum absolute atomic E-state index is 11.3. The number of carbonyl (C=O) groups excluding carboxylic acids is 2. The van der Waals surface area contributed by atoms with E-state index >= 15 is 0 Å². The summed E-state index contributed by atoms with van der Waals surface area (Å²) in [7, 11) is 0. The third-order valence-corrected chi connectivity index (χ3v) is 3.28. The Balaban J connectivity index is 2.27. The second kappa shape index (κ2) is 1.81. The molecule has 2 atom stereocenters. The lowest BCUT2D eigenvalue weighted by molar-refractivity contribution is -0.121. The Hall–Kier alpha value is -1.06. The predicted molar refractivity (Wildman–Crippen MR) is 42.4 cm³/mol. The Morgan fingerprint density at radius 3 is 2.50 bits per heavy atom. The van der Waals surface area contributed by atoms with Crippen LogP contribution in [0, 0.1) is 5.41 Å². The van der Waals surface area contributed by atoms with Crippen molar-refractivity contribution in [2.24, 2.45) is 5.41 Å². The zero-order valence-electron chi connectivity index (χ0n) is 7.23. The van der Waals surface area contributed by atoms with Gasteiger partial charge in [0.15, 0.2) is 0 Å². The molecule has 12 heavy (non-hydrogen) atoms. The normalized spacial score (nSPS) is 44.5. The highest BCUT2D eigenvalue weighted by molar-refractivity contribution is 6.09. The molecule has 0 aromatic rings. The van der Waals surface area contributed by atoms with Gasteiger partial charge in [0.1, 0.15) is 5.54 Å². The molecule has 1 aliphatic heterocycles. The zero-order chi connectivity index (χ0) is 8.98. The summed E-state index contributed by atoms with van der Waals surface area (Å²) in [6.45, 7) is 4.06. The van der Waals surface area contributed by atoms with Crippen molar-refractivity contribution in [3.63, 3.8) is 0 Å². The Morgan fingerprint density at radius 1 is 1.50 bits per heavy atom. The number of urea groups is 1. The van der Waals surface area contributed by atoms with Gasteiger partial charge in [0.25, 0.3) is 5.91 Å². The highest BCUT2D eigenvalue weighted by Gasteiger charge is 2.71. The summed E-state index contributed by atoms with van der Waals surface area (Å²) in [5.74, 6) is -0.156. The second-order valence-electron chi connectivity index (χ2n) is 3.90. The van der Waals surface area contributed by atoms with Gasteiger partial charge in [-0.25, -0.2) is 4.79 Å². The van der Waals surface area contributed by atoms with Gasteiger partial charge in [0.2, 0.25) is 0 Å². The van der Waals surface area contributed by atoms with Gasteiger partial charge in [-0.3, -0.25) is 10.1 Å². The topological polar surface area (TPSA) is 58.2 Å². The van der Waals surface area contributed by atoms with Gasteiger partial charge in [-0.1, -0.05) is 13.8 Å². The first kappa shape index (κ1) is 7.58. The van der Waals surface area contributed by atoms with Crippen LogP contribution in [0.25, 0.3) is 0 Å². The Bertz CT molecular complexity index is 276. The molecule has 0 unspecified atom stereocenters. The van der Waals surface area contributed by atoms with Crippen LogP contribution in [0.15, 0.2) is 0 Å². The number of amides is 3. The maximum atomic E-state index is 11.3. The van der Waals surface area contributed by atoms with E-state index in [0.29, 0.717) is 0 Å². The molecule has 2 rings (SSSR count). The van der Waals surface area contributed by atoms with Gasteiger partial charge in [-0.05, 0) is 12.8 Å². The van der Waals surface area contributed by atoms with E-state index in [1.807, 2.05) is 13.8 Å². The highest BCUT2D eigenvalue weighted by Crippen LogP contribution is 2.59. The van der Waals surface area contributed by atoms with Crippen molar-refractivity contribution < 1.29 is 9.59 Å². The number of nitrogens with one attached hydrogen (secondary N) is 2. The van der Waals surface area contributed by atoms with Crippen molar-refractivity contribution in [1.82, 2.24) is 10.6 Å². The summed E-state index contributed by atoms with van der Waals surface area (Å²) >= 11 is 0. The number of hydrogen-bond donors (Lipinski definition) is 2. The van der Waals surface area contributed by atoms with Crippen molar-refractivity contribution in [3.05, 3.63) is 0 Å². The van der Waals surface area contributed by atoms with Crippen LogP contribution in [0.4, 0.5) is 4.79 Å². The summed E-state index contributed by atoms with van der Waals surface area (Å²) in [6.07, 6.45) is 1.69. The van der Waals surface area contributed by atoms with Gasteiger partial charge in [-0.15, -0.1) is 0 Å². The summed E-state index contributed by atoms with van der Waals surface area (Å²) in [4.78, 5) is 22.2. The van der Waals surface area contributed by atoms with Crippen molar-refractivity contribution in [2.75, 3.05) is 0 Å². The molecule has 2 fully saturated rings. The van der Waals surface area contributed by atoms with Crippen LogP contribution in [-0.2, 0) is 4.79 Å². The number of carbonyl (C=O) groups is 2. The third-order valence-electron chi connectivity index (χ3n) is 3.28. The summed E-state index contributed by atoms with van der Waals surface area (Å²) < 4.78 is 0. The average Bonchev–Trinajstić information content (AvgIpc) is 2.47. The predicted octanol–water partition coefficient (Wildman–Crippen LogP) is 0.385. The lowest BCUT2D eigenvalue weighted by atomic mass is 9.99. The van der Waals surface area contributed by atoms with Crippen molar-refractivity contribution in [2.45, 2.75) is 32.2 Å². The fourth-order valence-corrected chi connectivity index (χ4v) is 2.01. The molecule has 66 valence electrons. The fraction of sp³-hybridized carbons (Fsp3) is 0.750. The molecule has 0 bridgehead atoms. The number of imide groups is 1. The molecule has 0 aromatic carbocycles. The SMILES string of the molecule is CC[C@@]1(C)C[C@]12NC(=O)NC2=O. The maximum Gasteiger partial charge on any atom is 0.322 e. The first-order valence-electron chi connectivity index (χ1n) is 4.18. The molecule has 1 aliphatic carbocycles. The second-order valence-corrected chi connectivity index (χ2v) is 3.90. The van der Waals surface area contributed by atoms with E-state index in [9.17, 15) is 9.59 Å². The molecule has 2 N–H and O–H groups in total. The first-order valence-corrected chi connectivity index (χ1v) is 4.18. The molecular formula is C8H12N2O2. The fourth-order valence-electron chi connectivity index (χ4n) is 2.01. The van der Waals surface area contributed by atoms with Gasteiger partial charge < -0.3 is 5.32 Å². The van der Waals surface area contributed by atoms with Gasteiger partial charge in [-0.2, -0.15) is 0 Å². The monoisotopic (exact) mass is 168 g/mol. The third kappa shape index (κ3) is 0.629. The smallest absolute Gasteiger partial charge is 0.322 e. The minimum atomic E-state index is -0.571. The summed E-state index contributed by atoms with van der Waals surface area (Å²) in [5.41, 5.74) is -0.595. The van der Waals surface area contributed by atoms with Crippen LogP contribution < -0.4 is 10.6 Å². The van der Waals surface area contributed by atoms with Crippen molar-refractivity contribution >= 4 is 11.9 Å². The molecule has 0 radical (unpaired) electrons. The largest absolute Gasteiger partial charge is 0.323 e. The molecular weight excluding hydrogens is 156 g/mol. The van der Waals surface area contributed by atoms with E-state index in [2.05, 4.69) is 10.6 Å². The summed E-state index contributed by atoms with van der Waals surface area (Å²) in [5, 5.41) is 4.97. The molecule has 1 spiro atoms. The summed E-state index contributed by atoms with van der Waals surface area (Å²) in [6, 6.07) is -0.350. The molecule has 1 heterocycles. The van der Waals surface area contributed by atoms with Crippen LogP contribution in [0.3, 0.4) is 0 Å². The van der Waals surface area contributed by atoms with E-state index in [-0.39, 0.29) is 17.4 Å². The highest BCUT2D eigenvalue weighted by atomic mass is 16.2. The van der Waals surface area contributed by atoms with Crippen LogP contribution in [-0.4, -0.2) is 17.5 Å². The van der Waals surface area contributed by atoms with E-state index in [1.54, 1.807) is 0 Å². The lowest BCUT2D eigenvalue weighted by Crippen LogP contribution is -2.37. The quantitative estimate of drug-likeness (QED) is 0.556. The average molecular weight is 168 g/mol. The Kier molecular flexibility index (Phi) is 1.14. The molecule has 3 amide bonds. The van der Waals surface area contributed by atoms with Crippen LogP contribution in [0.1, 0.15) is 26.7 Å². The molecule has 1 saturated carbocycles. The van der Waals surface area contributed by atoms with Crippen LogP contribution in [0.2, 0.25) is 0 Å². The van der Waals surface area contributed by atoms with Gasteiger partial charge in [0.05, 0.1) is 0 Å². The van der Waals surface area contributed by atoms with E-state index in [4.69, 9.17) is 0 Å². The van der Waals surface area contributed by atoms with E-state index < -0.39 is 5.54 Å². The van der Waals surface area contributed by atoms with Crippen LogP contribution >= 0.6 is 0 Å². The Labute approximate surface area is 70.7 Å². The van der Waals surface area contributed by atoms with Crippen molar-refractivity contribution in [3.8, 4) is 0 Å². The minimum Gasteiger partial charge on any atom is -0.323 e. The zero-order valence-corrected chi connectivity index (χ0v) is 7.23. The van der Waals surface area contributed by atoms with E-state index in [1.165, 1.54) is 0 Å². The molecule has 4 nitrogen and oxygen atoms in total. The van der Waals surface area contributed by atoms with Gasteiger partial charge in [0, 0.05) is 5.41 Å². The van der Waals surface area contributed by atoms with Crippen molar-refractivity contribution in [1.29, 1.82) is 0 Å². The molecule has 0 aromatic heterocycles. The Morgan fingerprint density at radius 2 is 2.17 bits per heavy atom. The number of rotatable bonds is 1. The number of hydrogen-bond acceptors (Lipinski definition) is 2. The van der Waals surface area contributed by atoms with Crippen LogP contribution in [0.5, 0.6) is 0 Å². The lowest BCUT2D eigenvalue weighted by Gasteiger charge is -2.12. The molecule has 2 aliphatic rings. The molecule has 1 saturated heterocycles. The first-order chi connectivity index (χ1) is 5.54. The van der Waals surface area contributed by atoms with E-state index in [0.717, 1.165) is 12.8 Å². The minimum absolute atomic E-state index is 0.0246. The standard InChI is InChI=1S/C8H12N2O2/c1-3-7(2)4-8(7)5(11)9-6(12)10-8/h3-4H2,1-2H3,(H2,9,10,11,12)/t7-,8+/m0/s1.